The minimum Gasteiger partial charge on any atom is -0.388 e. The second kappa shape index (κ2) is 32.8. The molecule has 2 fully saturated rings. The third-order valence-corrected chi connectivity index (χ3v) is 20.2. The lowest BCUT2D eigenvalue weighted by molar-refractivity contribution is -0.160. The zero-order valence-corrected chi connectivity index (χ0v) is 61.8. The number of nitrogens with one attached hydrogen (secondary N) is 3. The Bertz CT molecular complexity index is 3030. The number of carbonyl (C=O) groups excluding carboxylic acids is 12. The molecule has 0 bridgehead atoms. The predicted octanol–water partition coefficient (Wildman–Crippen LogP) is 2.08. The fourth-order valence-corrected chi connectivity index (χ4v) is 14.0. The maximum absolute atomic E-state index is 15.4. The molecule has 0 spiro atoms. The van der Waals surface area contributed by atoms with Gasteiger partial charge in [0.2, 0.25) is 70.9 Å². The third kappa shape index (κ3) is 17.1. The minimum atomic E-state index is -1.95. The van der Waals surface area contributed by atoms with Crippen LogP contribution in [0.3, 0.4) is 0 Å². The van der Waals surface area contributed by atoms with Crippen molar-refractivity contribution in [2.45, 2.75) is 208 Å². The Morgan fingerprint density at radius 2 is 0.865 bits per heavy atom. The second-order valence-corrected chi connectivity index (χ2v) is 29.3. The average molecular weight is 1350 g/mol. The Morgan fingerprint density at radius 1 is 0.458 bits per heavy atom. The van der Waals surface area contributed by atoms with Gasteiger partial charge in [0.15, 0.2) is 0 Å². The second-order valence-electron chi connectivity index (χ2n) is 29.3. The summed E-state index contributed by atoms with van der Waals surface area (Å²) in [5, 5.41) is 33.4. The van der Waals surface area contributed by atoms with Crippen LogP contribution >= 0.6 is 0 Å². The standard InChI is InChI=1S/C69H115N13O14/c1-26-41(12)51-61(89)78(22)54(40(10)11)65(93)79(23)53(39(8)9)62(90)74(18)35-48(84)76(20)57(68(15,16)95)66(94)81(25)56(43(14)28-3)63(91)73(17)34-47(83)71-50(37(4)5)60(88)80(24)55(42(13)27-2)64(92)75(19)36-49(85)82-46(59(87)77(21)52(38(6)7)58(86)72-51)33-69(96)44-31-29-30-32-45(44)70-67(69)82/h29-32,37-43,46,50-57,67,70,95-96H,26-28,33-36H2,1-25H3,(H,71,83)(H,72,86). The van der Waals surface area contributed by atoms with Gasteiger partial charge in [0.1, 0.15) is 66.1 Å². The maximum Gasteiger partial charge on any atom is 0.248 e. The topological polar surface area (TPSA) is 314 Å². The first kappa shape index (κ1) is 81.0. The number of nitrogens with zero attached hydrogens (tertiary/aromatic N) is 10. The highest BCUT2D eigenvalue weighted by atomic mass is 16.3. The molecule has 3 aliphatic rings. The molecule has 14 atom stereocenters. The Labute approximate surface area is 569 Å². The summed E-state index contributed by atoms with van der Waals surface area (Å²) in [4.78, 5) is 190. The van der Waals surface area contributed by atoms with Crippen LogP contribution in [0.5, 0.6) is 0 Å². The van der Waals surface area contributed by atoms with Gasteiger partial charge in [-0.15, -0.1) is 0 Å². The number of anilines is 1. The normalized spacial score (nSPS) is 28.5. The molecule has 4 rings (SSSR count). The zero-order valence-electron chi connectivity index (χ0n) is 61.8. The molecule has 2 saturated heterocycles. The smallest absolute Gasteiger partial charge is 0.248 e. The molecular weight excluding hydrogens is 1230 g/mol. The molecule has 96 heavy (non-hydrogen) atoms. The predicted molar refractivity (Wildman–Crippen MR) is 363 cm³/mol. The van der Waals surface area contributed by atoms with Crippen molar-refractivity contribution < 1.29 is 67.7 Å². The average Bonchev–Trinajstić information content (AvgIpc) is 1.55. The molecule has 12 amide bonds. The van der Waals surface area contributed by atoms with Crippen LogP contribution in [0.25, 0.3) is 0 Å². The van der Waals surface area contributed by atoms with E-state index in [1.54, 1.807) is 107 Å². The largest absolute Gasteiger partial charge is 0.388 e. The van der Waals surface area contributed by atoms with Crippen LogP contribution < -0.4 is 16.0 Å². The van der Waals surface area contributed by atoms with Gasteiger partial charge in [-0.1, -0.05) is 134 Å². The Balaban J connectivity index is 1.94. The van der Waals surface area contributed by atoms with Gasteiger partial charge in [0.25, 0.3) is 0 Å². The maximum atomic E-state index is 15.4. The molecule has 0 aliphatic carbocycles. The van der Waals surface area contributed by atoms with Crippen molar-refractivity contribution in [1.82, 2.24) is 59.6 Å². The van der Waals surface area contributed by atoms with E-state index >= 15 is 28.8 Å². The van der Waals surface area contributed by atoms with Gasteiger partial charge in [-0.3, -0.25) is 57.5 Å². The highest BCUT2D eigenvalue weighted by molar-refractivity contribution is 6.00. The number of fused-ring (bicyclic) bond motifs is 5. The molecule has 3 heterocycles. The molecule has 0 aromatic heterocycles. The summed E-state index contributed by atoms with van der Waals surface area (Å²) in [7, 11) is 12.4. The van der Waals surface area contributed by atoms with Crippen molar-refractivity contribution in [3.63, 3.8) is 0 Å². The lowest BCUT2D eigenvalue weighted by Crippen LogP contribution is -2.64. The number of para-hydroxylation sites is 1. The molecule has 0 saturated carbocycles. The molecule has 1 aromatic carbocycles. The number of likely N-dealkylation sites (N-methyl/N-ethyl adjacent to an activating group) is 9. The van der Waals surface area contributed by atoms with Crippen LogP contribution in [0.15, 0.2) is 24.3 Å². The van der Waals surface area contributed by atoms with Crippen molar-refractivity contribution in [2.75, 3.05) is 88.4 Å². The Morgan fingerprint density at radius 3 is 1.33 bits per heavy atom. The quantitative estimate of drug-likeness (QED) is 0.212. The number of aliphatic hydroxyl groups is 2. The van der Waals surface area contributed by atoms with E-state index in [0.29, 0.717) is 30.5 Å². The first-order chi connectivity index (χ1) is 44.3. The number of hydrogen-bond donors (Lipinski definition) is 5. The van der Waals surface area contributed by atoms with E-state index in [9.17, 15) is 39.0 Å². The third-order valence-electron chi connectivity index (χ3n) is 20.2. The van der Waals surface area contributed by atoms with E-state index < -0.39 is 204 Å². The summed E-state index contributed by atoms with van der Waals surface area (Å²) in [6.07, 6.45) is -0.450. The van der Waals surface area contributed by atoms with Gasteiger partial charge >= 0.3 is 0 Å². The van der Waals surface area contributed by atoms with Crippen molar-refractivity contribution >= 4 is 76.6 Å². The lowest BCUT2D eigenvalue weighted by atomic mass is 9.90. The number of carbonyl (C=O) groups is 12. The van der Waals surface area contributed by atoms with Gasteiger partial charge in [0, 0.05) is 81.1 Å². The SMILES string of the molecule is CCC(C)C1NC(=O)C(C(C)C)N(C)C(=O)C2CC3(O)c4ccccc4NC3N2C(=O)CN(C)C(=O)C(C(C)CC)N(C)C(=O)C(C(C)C)NC(=O)CN(C)C(=O)C(C(C)CC)N(C)C(=O)C(C(C)(C)O)N(C)C(=O)CN(C)C(=O)C(C(C)C)N(C)C(=O)C(C(C)C)N(C)C1=O. The van der Waals surface area contributed by atoms with E-state index in [1.807, 2.05) is 13.8 Å². The molecule has 1 aromatic rings. The van der Waals surface area contributed by atoms with Crippen LogP contribution in [-0.2, 0) is 63.1 Å². The fraction of sp³-hybridized carbons (Fsp3) is 0.739. The highest BCUT2D eigenvalue weighted by Gasteiger charge is 2.61. The van der Waals surface area contributed by atoms with Crippen LogP contribution in [0.1, 0.15) is 142 Å². The Hall–Kier alpha value is -7.42. The summed E-state index contributed by atoms with van der Waals surface area (Å²) in [5.41, 5.74) is -2.88. The molecule has 27 nitrogen and oxygen atoms in total. The van der Waals surface area contributed by atoms with Gasteiger partial charge in [-0.25, -0.2) is 0 Å². The molecule has 5 N–H and O–H groups in total. The molecule has 14 unspecified atom stereocenters. The van der Waals surface area contributed by atoms with E-state index in [2.05, 4.69) is 16.0 Å². The van der Waals surface area contributed by atoms with Crippen molar-refractivity contribution in [1.29, 1.82) is 0 Å². The van der Waals surface area contributed by atoms with Gasteiger partial charge < -0.3 is 75.2 Å². The van der Waals surface area contributed by atoms with Crippen LogP contribution in [0, 0.1) is 41.4 Å². The summed E-state index contributed by atoms with van der Waals surface area (Å²) >= 11 is 0. The van der Waals surface area contributed by atoms with Crippen molar-refractivity contribution in [3.05, 3.63) is 29.8 Å². The molecular formula is C69H115N13O14. The number of benzene rings is 1. The van der Waals surface area contributed by atoms with E-state index in [-0.39, 0.29) is 6.42 Å². The van der Waals surface area contributed by atoms with Gasteiger partial charge in [-0.05, 0) is 61.3 Å². The van der Waals surface area contributed by atoms with Crippen LogP contribution in [-0.4, -0.2) is 279 Å². The molecule has 3 aliphatic heterocycles. The van der Waals surface area contributed by atoms with Crippen molar-refractivity contribution in [3.8, 4) is 0 Å². The summed E-state index contributed by atoms with van der Waals surface area (Å²) < 4.78 is 0. The summed E-state index contributed by atoms with van der Waals surface area (Å²) in [5.74, 6) is -12.5. The van der Waals surface area contributed by atoms with E-state index in [0.717, 1.165) is 24.5 Å². The lowest BCUT2D eigenvalue weighted by Gasteiger charge is -2.42. The molecule has 0 radical (unpaired) electrons. The van der Waals surface area contributed by atoms with Gasteiger partial charge in [0.05, 0.1) is 25.2 Å². The number of rotatable bonds is 11. The monoisotopic (exact) mass is 1350 g/mol. The Kier molecular flexibility index (Phi) is 27.6. The van der Waals surface area contributed by atoms with Crippen molar-refractivity contribution in [2.24, 2.45) is 41.4 Å². The van der Waals surface area contributed by atoms with E-state index in [1.165, 1.54) is 102 Å². The first-order valence-electron chi connectivity index (χ1n) is 33.9. The molecule has 27 heteroatoms. The van der Waals surface area contributed by atoms with Crippen LogP contribution in [0.4, 0.5) is 5.69 Å². The molecule has 540 valence electrons. The fourth-order valence-electron chi connectivity index (χ4n) is 14.0. The number of amides is 12. The minimum absolute atomic E-state index is 0.328. The highest BCUT2D eigenvalue weighted by Crippen LogP contribution is 2.50. The first-order valence-corrected chi connectivity index (χ1v) is 33.9. The summed E-state index contributed by atoms with van der Waals surface area (Å²) in [6.45, 7) is 25.1. The summed E-state index contributed by atoms with van der Waals surface area (Å²) in [6, 6.07) is -4.93. The van der Waals surface area contributed by atoms with E-state index in [4.69, 9.17) is 0 Å². The van der Waals surface area contributed by atoms with Gasteiger partial charge in [-0.2, -0.15) is 0 Å². The zero-order chi connectivity index (χ0) is 73.6. The number of hydrogen-bond acceptors (Lipinski definition) is 15. The van der Waals surface area contributed by atoms with Crippen LogP contribution in [0.2, 0.25) is 0 Å².